The third kappa shape index (κ3) is 31.4. The summed E-state index contributed by atoms with van der Waals surface area (Å²) in [6, 6.07) is 0. The van der Waals surface area contributed by atoms with E-state index < -0.39 is 59.8 Å². The van der Waals surface area contributed by atoms with Crippen molar-refractivity contribution >= 4 is 16.4 Å². The SMILES string of the molecule is CC/C=C\C/C=C\C/C=C\CCCCCCOCC(COC1OC(CO)C(O)C(OS(=O)(=O)O)C1O)OC(=O)CCCCCCCC/C=C\C/C=C\C/C=C\CCCCC. The molecular weight excluding hydrogens is 789 g/mol. The Morgan fingerprint density at radius 1 is 0.650 bits per heavy atom. The zero-order valence-corrected chi connectivity index (χ0v) is 37.6. The standard InChI is InChI=1S/C47H80O12S/c1-3-5-7-9-11-13-15-17-19-20-21-22-23-24-26-28-30-32-34-36-43(49)57-41(39-55-37-35-33-31-29-27-25-18-16-14-12-10-8-6-4-2)40-56-47-45(51)46(59-60(52,53)54)44(50)42(38-48)58-47/h6,8,11-14,17-19,21-22,25,41-42,44-48,50-51H,3-5,7,9-10,15-16,20,23-24,26-40H2,1-2H3,(H,52,53,54)/b8-6-,13-11-,14-12-,19-17-,22-21-,25-18-. The van der Waals surface area contributed by atoms with Crippen LogP contribution in [0, 0.1) is 0 Å². The van der Waals surface area contributed by atoms with Crippen LogP contribution in [0.4, 0.5) is 0 Å². The Hall–Kier alpha value is -2.46. The van der Waals surface area contributed by atoms with Crippen LogP contribution < -0.4 is 0 Å². The molecule has 0 radical (unpaired) electrons. The van der Waals surface area contributed by atoms with Gasteiger partial charge in [-0.15, -0.1) is 0 Å². The van der Waals surface area contributed by atoms with Gasteiger partial charge in [-0.2, -0.15) is 8.42 Å². The number of aliphatic hydroxyl groups is 3. The number of unbranched alkanes of at least 4 members (excludes halogenated alkanes) is 13. The quantitative estimate of drug-likeness (QED) is 0.0200. The first kappa shape index (κ1) is 55.6. The fraction of sp³-hybridized carbons (Fsp3) is 0.723. The number of hydrogen-bond donors (Lipinski definition) is 4. The summed E-state index contributed by atoms with van der Waals surface area (Å²) >= 11 is 0. The summed E-state index contributed by atoms with van der Waals surface area (Å²) in [5, 5.41) is 30.7. The van der Waals surface area contributed by atoms with Crippen molar-refractivity contribution in [2.45, 2.75) is 192 Å². The van der Waals surface area contributed by atoms with Crippen molar-refractivity contribution < 1.29 is 56.2 Å². The van der Waals surface area contributed by atoms with Crippen molar-refractivity contribution in [3.8, 4) is 0 Å². The van der Waals surface area contributed by atoms with E-state index in [0.717, 1.165) is 103 Å². The number of rotatable bonds is 38. The second kappa shape index (κ2) is 38.2. The Balaban J connectivity index is 2.45. The van der Waals surface area contributed by atoms with Gasteiger partial charge in [0.25, 0.3) is 0 Å². The number of allylic oxidation sites excluding steroid dienone is 12. The Bertz CT molecular complexity index is 1330. The minimum Gasteiger partial charge on any atom is -0.457 e. The molecule has 12 nitrogen and oxygen atoms in total. The van der Waals surface area contributed by atoms with Crippen LogP contribution in [-0.4, -0.2) is 97.5 Å². The fourth-order valence-electron chi connectivity index (χ4n) is 6.40. The van der Waals surface area contributed by atoms with E-state index in [9.17, 15) is 28.5 Å². The third-order valence-electron chi connectivity index (χ3n) is 9.81. The van der Waals surface area contributed by atoms with Crippen LogP contribution in [0.3, 0.4) is 0 Å². The second-order valence-electron chi connectivity index (χ2n) is 15.3. The van der Waals surface area contributed by atoms with Crippen LogP contribution >= 0.6 is 0 Å². The molecule has 1 aliphatic rings. The summed E-state index contributed by atoms with van der Waals surface area (Å²) in [7, 11) is -5.07. The smallest absolute Gasteiger partial charge is 0.397 e. The molecule has 1 aliphatic heterocycles. The highest BCUT2D eigenvalue weighted by molar-refractivity contribution is 7.80. The molecule has 0 aromatic heterocycles. The zero-order valence-electron chi connectivity index (χ0n) is 36.7. The lowest BCUT2D eigenvalue weighted by Gasteiger charge is -2.41. The second-order valence-corrected chi connectivity index (χ2v) is 16.3. The molecule has 4 N–H and O–H groups in total. The van der Waals surface area contributed by atoms with Gasteiger partial charge in [0.1, 0.15) is 30.5 Å². The molecule has 0 aliphatic carbocycles. The van der Waals surface area contributed by atoms with E-state index in [1.807, 2.05) is 0 Å². The van der Waals surface area contributed by atoms with E-state index in [1.54, 1.807) is 0 Å². The molecular formula is C47H80O12S. The largest absolute Gasteiger partial charge is 0.457 e. The molecule has 60 heavy (non-hydrogen) atoms. The summed E-state index contributed by atoms with van der Waals surface area (Å²) in [6.07, 6.45) is 39.3. The first-order valence-electron chi connectivity index (χ1n) is 22.7. The number of hydrogen-bond acceptors (Lipinski definition) is 11. The normalized spacial score (nSPS) is 20.9. The molecule has 0 spiro atoms. The molecule has 1 rings (SSSR count). The summed E-state index contributed by atoms with van der Waals surface area (Å²) in [4.78, 5) is 12.9. The highest BCUT2D eigenvalue weighted by Gasteiger charge is 2.48. The van der Waals surface area contributed by atoms with Gasteiger partial charge in [0.2, 0.25) is 0 Å². The Kier molecular flexibility index (Phi) is 35.4. The molecule has 6 atom stereocenters. The number of aliphatic hydroxyl groups excluding tert-OH is 3. The molecule has 13 heteroatoms. The molecule has 346 valence electrons. The van der Waals surface area contributed by atoms with Crippen LogP contribution in [0.15, 0.2) is 72.9 Å². The van der Waals surface area contributed by atoms with Crippen molar-refractivity contribution in [1.29, 1.82) is 0 Å². The van der Waals surface area contributed by atoms with Gasteiger partial charge in [0.15, 0.2) is 6.29 Å². The van der Waals surface area contributed by atoms with E-state index in [-0.39, 0.29) is 19.6 Å². The number of carbonyl (C=O) groups is 1. The van der Waals surface area contributed by atoms with Crippen LogP contribution in [0.1, 0.15) is 155 Å². The summed E-state index contributed by atoms with van der Waals surface area (Å²) in [6.45, 7) is 3.76. The van der Waals surface area contributed by atoms with E-state index in [0.29, 0.717) is 13.0 Å². The van der Waals surface area contributed by atoms with Gasteiger partial charge in [0, 0.05) is 13.0 Å². The summed E-state index contributed by atoms with van der Waals surface area (Å²) in [5.74, 6) is -0.424. The number of ether oxygens (including phenoxy) is 4. The first-order chi connectivity index (χ1) is 29.1. The van der Waals surface area contributed by atoms with Crippen LogP contribution in [-0.2, 0) is 38.3 Å². The van der Waals surface area contributed by atoms with Crippen molar-refractivity contribution in [1.82, 2.24) is 0 Å². The lowest BCUT2D eigenvalue weighted by atomic mass is 9.99. The van der Waals surface area contributed by atoms with Crippen molar-refractivity contribution in [3.63, 3.8) is 0 Å². The maximum atomic E-state index is 12.9. The summed E-state index contributed by atoms with van der Waals surface area (Å²) in [5.41, 5.74) is 0. The van der Waals surface area contributed by atoms with Gasteiger partial charge in [-0.05, 0) is 83.5 Å². The zero-order chi connectivity index (χ0) is 43.9. The fourth-order valence-corrected chi connectivity index (χ4v) is 6.91. The molecule has 1 fully saturated rings. The molecule has 6 unspecified atom stereocenters. The van der Waals surface area contributed by atoms with Crippen LogP contribution in [0.2, 0.25) is 0 Å². The highest BCUT2D eigenvalue weighted by Crippen LogP contribution is 2.26. The topological polar surface area (TPSA) is 178 Å². The lowest BCUT2D eigenvalue weighted by molar-refractivity contribution is -0.301. The number of carbonyl (C=O) groups excluding carboxylic acids is 1. The predicted molar refractivity (Wildman–Crippen MR) is 239 cm³/mol. The molecule has 0 saturated carbocycles. The van der Waals surface area contributed by atoms with E-state index in [1.165, 1.54) is 25.7 Å². The van der Waals surface area contributed by atoms with E-state index in [4.69, 9.17) is 23.5 Å². The van der Waals surface area contributed by atoms with Gasteiger partial charge in [0.05, 0.1) is 19.8 Å². The van der Waals surface area contributed by atoms with Crippen LogP contribution in [0.25, 0.3) is 0 Å². The highest BCUT2D eigenvalue weighted by atomic mass is 32.3. The molecule has 1 heterocycles. The van der Waals surface area contributed by atoms with Crippen LogP contribution in [0.5, 0.6) is 0 Å². The Morgan fingerprint density at radius 3 is 1.68 bits per heavy atom. The maximum absolute atomic E-state index is 12.9. The predicted octanol–water partition coefficient (Wildman–Crippen LogP) is 9.52. The van der Waals surface area contributed by atoms with Gasteiger partial charge < -0.3 is 34.3 Å². The van der Waals surface area contributed by atoms with E-state index in [2.05, 4.69) is 90.9 Å². The Labute approximate surface area is 362 Å². The van der Waals surface area contributed by atoms with Crippen molar-refractivity contribution in [2.24, 2.45) is 0 Å². The van der Waals surface area contributed by atoms with Gasteiger partial charge in [-0.25, -0.2) is 4.18 Å². The lowest BCUT2D eigenvalue weighted by Crippen LogP contribution is -2.60. The van der Waals surface area contributed by atoms with Crippen molar-refractivity contribution in [3.05, 3.63) is 72.9 Å². The minimum atomic E-state index is -5.07. The van der Waals surface area contributed by atoms with Gasteiger partial charge in [-0.1, -0.05) is 138 Å². The average molecular weight is 869 g/mol. The molecule has 0 aromatic rings. The summed E-state index contributed by atoms with van der Waals surface area (Å²) < 4.78 is 59.0. The van der Waals surface area contributed by atoms with Crippen molar-refractivity contribution in [2.75, 3.05) is 26.4 Å². The monoisotopic (exact) mass is 869 g/mol. The Morgan fingerprint density at radius 2 is 1.15 bits per heavy atom. The van der Waals surface area contributed by atoms with E-state index >= 15 is 0 Å². The van der Waals surface area contributed by atoms with Gasteiger partial charge in [-0.3, -0.25) is 9.35 Å². The van der Waals surface area contributed by atoms with Gasteiger partial charge >= 0.3 is 16.4 Å². The molecule has 0 bridgehead atoms. The molecule has 0 amide bonds. The average Bonchev–Trinajstić information content (AvgIpc) is 3.22. The third-order valence-corrected chi connectivity index (χ3v) is 10.3. The molecule has 1 saturated heterocycles. The maximum Gasteiger partial charge on any atom is 0.397 e. The number of esters is 1. The molecule has 0 aromatic carbocycles. The minimum absolute atomic E-state index is 0.0112. The first-order valence-corrected chi connectivity index (χ1v) is 24.1.